The van der Waals surface area contributed by atoms with Crippen LogP contribution >= 0.6 is 0 Å². The molecule has 1 saturated heterocycles. The smallest absolute Gasteiger partial charge is 0.254 e. The Bertz CT molecular complexity index is 1220. The maximum absolute atomic E-state index is 13.4. The number of carbonyl (C=O) groups excluding carboxylic acids is 2. The van der Waals surface area contributed by atoms with Crippen molar-refractivity contribution in [3.8, 4) is 11.1 Å². The van der Waals surface area contributed by atoms with Crippen LogP contribution in [0.5, 0.6) is 0 Å². The minimum Gasteiger partial charge on any atom is -0.399 e. The summed E-state index contributed by atoms with van der Waals surface area (Å²) in [6.07, 6.45) is -0.681. The maximum atomic E-state index is 13.4. The predicted molar refractivity (Wildman–Crippen MR) is 141 cm³/mol. The van der Waals surface area contributed by atoms with Crippen LogP contribution in [0.2, 0.25) is 0 Å². The van der Waals surface area contributed by atoms with E-state index in [0.29, 0.717) is 23.3 Å². The first-order chi connectivity index (χ1) is 18.0. The van der Waals surface area contributed by atoms with E-state index >= 15 is 0 Å². The second-order valence-corrected chi connectivity index (χ2v) is 8.99. The first kappa shape index (κ1) is 26.1. The SMILES string of the molecule is CON=C1C[C@@H](CC(=O)N[C@@H](CO)[C@@H](O)c2ccccc2)N(C(=O)c2ccc(-c3ccccc3)cc2)C1. The number of benzene rings is 3. The molecule has 192 valence electrons. The molecule has 0 aromatic heterocycles. The lowest BCUT2D eigenvalue weighted by atomic mass is 10.0. The standard InChI is InChI=1S/C29H31N3O5/c1-37-31-24-16-25(17-27(34)30-26(19-33)28(35)22-10-6-3-7-11-22)32(18-24)29(36)23-14-12-21(13-15-23)20-8-4-2-5-9-20/h2-15,25-26,28,33,35H,16-19H2,1H3,(H,30,34)/t25-,26-,28-/m0/s1. The van der Waals surface area contributed by atoms with Gasteiger partial charge >= 0.3 is 0 Å². The third kappa shape index (κ3) is 6.41. The van der Waals surface area contributed by atoms with Crippen LogP contribution in [-0.2, 0) is 9.63 Å². The molecule has 3 atom stereocenters. The monoisotopic (exact) mass is 501 g/mol. The van der Waals surface area contributed by atoms with Gasteiger partial charge in [-0.15, -0.1) is 0 Å². The second kappa shape index (κ2) is 12.3. The zero-order chi connectivity index (χ0) is 26.2. The molecule has 37 heavy (non-hydrogen) atoms. The molecular weight excluding hydrogens is 470 g/mol. The Morgan fingerprint density at radius 1 is 1.00 bits per heavy atom. The van der Waals surface area contributed by atoms with E-state index < -0.39 is 24.8 Å². The van der Waals surface area contributed by atoms with Gasteiger partial charge in [-0.05, 0) is 28.8 Å². The molecular formula is C29H31N3O5. The van der Waals surface area contributed by atoms with Crippen molar-refractivity contribution in [1.29, 1.82) is 0 Å². The average Bonchev–Trinajstić information content (AvgIpc) is 3.34. The Labute approximate surface area is 216 Å². The number of aliphatic hydroxyl groups excluding tert-OH is 2. The number of oxime groups is 1. The number of nitrogens with zero attached hydrogens (tertiary/aromatic N) is 2. The number of hydrogen-bond acceptors (Lipinski definition) is 6. The molecule has 0 unspecified atom stereocenters. The zero-order valence-corrected chi connectivity index (χ0v) is 20.7. The van der Waals surface area contributed by atoms with Crippen LogP contribution in [0, 0.1) is 0 Å². The minimum atomic E-state index is -1.06. The third-order valence-electron chi connectivity index (χ3n) is 6.47. The van der Waals surface area contributed by atoms with Gasteiger partial charge in [0.15, 0.2) is 0 Å². The van der Waals surface area contributed by atoms with Crippen molar-refractivity contribution in [3.63, 3.8) is 0 Å². The molecule has 8 nitrogen and oxygen atoms in total. The summed E-state index contributed by atoms with van der Waals surface area (Å²) in [6, 6.07) is 24.8. The number of rotatable bonds is 9. The Hall–Kier alpha value is -4.01. The Morgan fingerprint density at radius 2 is 1.62 bits per heavy atom. The van der Waals surface area contributed by atoms with Gasteiger partial charge < -0.3 is 25.3 Å². The largest absolute Gasteiger partial charge is 0.399 e. The quantitative estimate of drug-likeness (QED) is 0.390. The fourth-order valence-electron chi connectivity index (χ4n) is 4.58. The summed E-state index contributed by atoms with van der Waals surface area (Å²) in [4.78, 5) is 32.9. The van der Waals surface area contributed by atoms with Crippen LogP contribution < -0.4 is 5.32 Å². The molecule has 2 amide bonds. The van der Waals surface area contributed by atoms with Crippen LogP contribution in [0.15, 0.2) is 90.1 Å². The molecule has 3 aromatic carbocycles. The number of amides is 2. The zero-order valence-electron chi connectivity index (χ0n) is 20.7. The molecule has 4 rings (SSSR count). The molecule has 1 aliphatic heterocycles. The normalized spacial score (nSPS) is 17.9. The average molecular weight is 502 g/mol. The number of likely N-dealkylation sites (tertiary alicyclic amines) is 1. The fraction of sp³-hybridized carbons (Fsp3) is 0.276. The van der Waals surface area contributed by atoms with Crippen LogP contribution in [0.3, 0.4) is 0 Å². The highest BCUT2D eigenvalue weighted by Gasteiger charge is 2.36. The third-order valence-corrected chi connectivity index (χ3v) is 6.47. The molecule has 0 bridgehead atoms. The summed E-state index contributed by atoms with van der Waals surface area (Å²) in [5.41, 5.74) is 3.83. The van der Waals surface area contributed by atoms with Gasteiger partial charge in [-0.1, -0.05) is 78.0 Å². The van der Waals surface area contributed by atoms with Crippen molar-refractivity contribution in [1.82, 2.24) is 10.2 Å². The van der Waals surface area contributed by atoms with Gasteiger partial charge in [0.1, 0.15) is 13.2 Å². The first-order valence-corrected chi connectivity index (χ1v) is 12.2. The van der Waals surface area contributed by atoms with Crippen LogP contribution in [0.4, 0.5) is 0 Å². The number of aliphatic hydroxyl groups is 2. The number of hydrogen-bond donors (Lipinski definition) is 3. The molecule has 1 aliphatic rings. The van der Waals surface area contributed by atoms with E-state index in [-0.39, 0.29) is 24.8 Å². The summed E-state index contributed by atoms with van der Waals surface area (Å²) in [5.74, 6) is -0.586. The van der Waals surface area contributed by atoms with Gasteiger partial charge in [0, 0.05) is 24.4 Å². The van der Waals surface area contributed by atoms with Crippen LogP contribution in [-0.4, -0.2) is 65.0 Å². The summed E-state index contributed by atoms with van der Waals surface area (Å²) in [6.45, 7) is -0.180. The molecule has 8 heteroatoms. The lowest BCUT2D eigenvalue weighted by Crippen LogP contribution is -2.45. The number of carbonyl (C=O) groups is 2. The van der Waals surface area contributed by atoms with Gasteiger partial charge in [-0.25, -0.2) is 0 Å². The van der Waals surface area contributed by atoms with E-state index in [2.05, 4.69) is 10.5 Å². The Morgan fingerprint density at radius 3 is 2.24 bits per heavy atom. The van der Waals surface area contributed by atoms with Gasteiger partial charge in [0.05, 0.1) is 24.9 Å². The maximum Gasteiger partial charge on any atom is 0.254 e. The molecule has 0 aliphatic carbocycles. The van der Waals surface area contributed by atoms with Crippen molar-refractivity contribution in [2.24, 2.45) is 5.16 Å². The molecule has 3 aromatic rings. The Kier molecular flexibility index (Phi) is 8.66. The minimum absolute atomic E-state index is 0.00537. The van der Waals surface area contributed by atoms with Gasteiger partial charge in [0.25, 0.3) is 5.91 Å². The summed E-state index contributed by atoms with van der Waals surface area (Å²) < 4.78 is 0. The highest BCUT2D eigenvalue weighted by molar-refractivity contribution is 6.01. The van der Waals surface area contributed by atoms with Crippen molar-refractivity contribution in [3.05, 3.63) is 96.1 Å². The molecule has 0 saturated carbocycles. The second-order valence-electron chi connectivity index (χ2n) is 8.99. The van der Waals surface area contributed by atoms with E-state index in [1.54, 1.807) is 41.3 Å². The van der Waals surface area contributed by atoms with Crippen molar-refractivity contribution in [2.45, 2.75) is 31.0 Å². The highest BCUT2D eigenvalue weighted by atomic mass is 16.6. The molecule has 1 heterocycles. The van der Waals surface area contributed by atoms with Crippen molar-refractivity contribution in [2.75, 3.05) is 20.3 Å². The lowest BCUT2D eigenvalue weighted by molar-refractivity contribution is -0.124. The summed E-state index contributed by atoms with van der Waals surface area (Å²) in [5, 5.41) is 27.2. The molecule has 0 radical (unpaired) electrons. The van der Waals surface area contributed by atoms with Crippen molar-refractivity contribution < 1.29 is 24.6 Å². The van der Waals surface area contributed by atoms with E-state index in [9.17, 15) is 19.8 Å². The van der Waals surface area contributed by atoms with Crippen molar-refractivity contribution >= 4 is 17.5 Å². The molecule has 3 N–H and O–H groups in total. The van der Waals surface area contributed by atoms with Gasteiger partial charge in [-0.3, -0.25) is 9.59 Å². The summed E-state index contributed by atoms with van der Waals surface area (Å²) in [7, 11) is 1.44. The predicted octanol–water partition coefficient (Wildman–Crippen LogP) is 3.17. The van der Waals surface area contributed by atoms with Gasteiger partial charge in [0.2, 0.25) is 5.91 Å². The highest BCUT2D eigenvalue weighted by Crippen LogP contribution is 2.25. The molecule has 1 fully saturated rings. The Balaban J connectivity index is 1.46. The van der Waals surface area contributed by atoms with Crippen LogP contribution in [0.1, 0.15) is 34.9 Å². The van der Waals surface area contributed by atoms with Crippen LogP contribution in [0.25, 0.3) is 11.1 Å². The first-order valence-electron chi connectivity index (χ1n) is 12.2. The topological polar surface area (TPSA) is 111 Å². The number of nitrogens with one attached hydrogen (secondary N) is 1. The summed E-state index contributed by atoms with van der Waals surface area (Å²) >= 11 is 0. The lowest BCUT2D eigenvalue weighted by Gasteiger charge is -2.26. The van der Waals surface area contributed by atoms with Gasteiger partial charge in [-0.2, -0.15) is 0 Å². The van der Waals surface area contributed by atoms with E-state index in [1.165, 1.54) is 7.11 Å². The fourth-order valence-corrected chi connectivity index (χ4v) is 4.58. The van der Waals surface area contributed by atoms with E-state index in [0.717, 1.165) is 11.1 Å². The molecule has 0 spiro atoms. The van der Waals surface area contributed by atoms with E-state index in [1.807, 2.05) is 48.5 Å². The van der Waals surface area contributed by atoms with E-state index in [4.69, 9.17) is 4.84 Å².